The zero-order valence-corrected chi connectivity index (χ0v) is 15.0. The summed E-state index contributed by atoms with van der Waals surface area (Å²) < 4.78 is 3.41. The first-order chi connectivity index (χ1) is 12.5. The summed E-state index contributed by atoms with van der Waals surface area (Å²) in [6, 6.07) is 10.5. The zero-order valence-electron chi connectivity index (χ0n) is 15.0. The van der Waals surface area contributed by atoms with Gasteiger partial charge in [-0.3, -0.25) is 14.3 Å². The van der Waals surface area contributed by atoms with Crippen molar-refractivity contribution in [3.8, 4) is 0 Å². The van der Waals surface area contributed by atoms with Crippen LogP contribution in [0.4, 0.5) is 0 Å². The molecule has 4 rings (SSSR count). The van der Waals surface area contributed by atoms with Crippen LogP contribution in [0.3, 0.4) is 0 Å². The summed E-state index contributed by atoms with van der Waals surface area (Å²) in [4.78, 5) is 25.1. The molecule has 0 spiro atoms. The van der Waals surface area contributed by atoms with Gasteiger partial charge in [0.05, 0.1) is 11.6 Å². The van der Waals surface area contributed by atoms with Gasteiger partial charge in [0, 0.05) is 26.8 Å². The normalized spacial score (nSPS) is 19.3. The number of nitrogens with one attached hydrogen (secondary N) is 1. The second kappa shape index (κ2) is 6.44. The van der Waals surface area contributed by atoms with Crippen LogP contribution in [-0.2, 0) is 14.1 Å². The molecule has 6 heteroatoms. The average Bonchev–Trinajstić information content (AvgIpc) is 3.00. The summed E-state index contributed by atoms with van der Waals surface area (Å²) in [6.45, 7) is 0.608. The first-order valence-electron chi connectivity index (χ1n) is 8.89. The Balaban J connectivity index is 1.41. The zero-order chi connectivity index (χ0) is 18.3. The van der Waals surface area contributed by atoms with Crippen LogP contribution in [0.5, 0.6) is 0 Å². The topological polar surface area (TPSA) is 68.9 Å². The number of hydrogen-bond acceptors (Lipinski definition) is 3. The number of aromatic nitrogens is 3. The van der Waals surface area contributed by atoms with Gasteiger partial charge in [-0.2, -0.15) is 5.10 Å². The Morgan fingerprint density at radius 3 is 2.69 bits per heavy atom. The molecule has 3 aromatic rings. The lowest BCUT2D eigenvalue weighted by molar-refractivity contribution is 0.0933. The maximum atomic E-state index is 12.6. The molecule has 0 saturated heterocycles. The lowest BCUT2D eigenvalue weighted by atomic mass is 9.71. The molecular weight excluding hydrogens is 328 g/mol. The summed E-state index contributed by atoms with van der Waals surface area (Å²) in [5.74, 6) is 0.743. The van der Waals surface area contributed by atoms with E-state index in [1.54, 1.807) is 22.5 Å². The molecule has 0 atom stereocenters. The van der Waals surface area contributed by atoms with E-state index in [-0.39, 0.29) is 16.9 Å². The van der Waals surface area contributed by atoms with Crippen molar-refractivity contribution in [1.82, 2.24) is 19.7 Å². The summed E-state index contributed by atoms with van der Waals surface area (Å²) in [5.41, 5.74) is 1.98. The summed E-state index contributed by atoms with van der Waals surface area (Å²) in [6.07, 6.45) is 5.26. The highest BCUT2D eigenvalue weighted by Crippen LogP contribution is 2.41. The van der Waals surface area contributed by atoms with Crippen molar-refractivity contribution in [2.45, 2.75) is 18.8 Å². The van der Waals surface area contributed by atoms with E-state index < -0.39 is 0 Å². The number of fused-ring (bicyclic) bond motifs is 1. The minimum atomic E-state index is -0.306. The fourth-order valence-corrected chi connectivity index (χ4v) is 3.86. The molecule has 1 N–H and O–H groups in total. The number of benzene rings is 1. The predicted molar refractivity (Wildman–Crippen MR) is 100 cm³/mol. The molecule has 0 aliphatic heterocycles. The van der Waals surface area contributed by atoms with E-state index in [0.29, 0.717) is 29.4 Å². The van der Waals surface area contributed by atoms with Gasteiger partial charge >= 0.3 is 0 Å². The third-order valence-electron chi connectivity index (χ3n) is 5.36. The van der Waals surface area contributed by atoms with Gasteiger partial charge in [-0.05, 0) is 30.2 Å². The quantitative estimate of drug-likeness (QED) is 0.784. The van der Waals surface area contributed by atoms with Crippen molar-refractivity contribution < 1.29 is 4.79 Å². The van der Waals surface area contributed by atoms with Gasteiger partial charge in [0.25, 0.3) is 5.91 Å². The third kappa shape index (κ3) is 2.81. The lowest BCUT2D eigenvalue weighted by Crippen LogP contribution is -2.37. The van der Waals surface area contributed by atoms with E-state index in [2.05, 4.69) is 34.7 Å². The number of carbonyl (C=O) groups excluding carboxylic acids is 1. The SMILES string of the molecule is Cn1cc(C(=O)NCC2CC(c3ccccc3)C2)c(=O)c2cnn(C)c21. The number of pyridine rings is 1. The molecule has 1 fully saturated rings. The number of aryl methyl sites for hydroxylation is 2. The second-order valence-electron chi connectivity index (χ2n) is 7.14. The Morgan fingerprint density at radius 1 is 1.23 bits per heavy atom. The molecule has 26 heavy (non-hydrogen) atoms. The van der Waals surface area contributed by atoms with Gasteiger partial charge in [-0.15, -0.1) is 0 Å². The van der Waals surface area contributed by atoms with E-state index in [0.717, 1.165) is 12.8 Å². The monoisotopic (exact) mass is 350 g/mol. The molecule has 1 amide bonds. The van der Waals surface area contributed by atoms with Crippen molar-refractivity contribution in [3.05, 3.63) is 64.1 Å². The molecule has 1 aromatic carbocycles. The van der Waals surface area contributed by atoms with Gasteiger partial charge in [0.15, 0.2) is 0 Å². The number of hydrogen-bond donors (Lipinski definition) is 1. The molecule has 0 bridgehead atoms. The van der Waals surface area contributed by atoms with E-state index in [1.165, 1.54) is 11.8 Å². The number of carbonyl (C=O) groups is 1. The van der Waals surface area contributed by atoms with Crippen molar-refractivity contribution in [2.75, 3.05) is 6.54 Å². The van der Waals surface area contributed by atoms with Crippen molar-refractivity contribution in [1.29, 1.82) is 0 Å². The Morgan fingerprint density at radius 2 is 1.96 bits per heavy atom. The largest absolute Gasteiger partial charge is 0.352 e. The maximum absolute atomic E-state index is 12.6. The molecule has 0 unspecified atom stereocenters. The van der Waals surface area contributed by atoms with Crippen LogP contribution >= 0.6 is 0 Å². The van der Waals surface area contributed by atoms with Gasteiger partial charge in [-0.1, -0.05) is 30.3 Å². The highest BCUT2D eigenvalue weighted by atomic mass is 16.2. The Bertz CT molecular complexity index is 1010. The fraction of sp³-hybridized carbons (Fsp3) is 0.350. The molecule has 6 nitrogen and oxygen atoms in total. The fourth-order valence-electron chi connectivity index (χ4n) is 3.86. The van der Waals surface area contributed by atoms with Crippen LogP contribution < -0.4 is 10.7 Å². The predicted octanol–water partition coefficient (Wildman–Crippen LogP) is 2.20. The summed E-state index contributed by atoms with van der Waals surface area (Å²) in [5, 5.41) is 7.52. The third-order valence-corrected chi connectivity index (χ3v) is 5.36. The maximum Gasteiger partial charge on any atom is 0.256 e. The van der Waals surface area contributed by atoms with Crippen molar-refractivity contribution in [2.24, 2.45) is 20.0 Å². The Hall–Kier alpha value is -2.89. The number of amides is 1. The Kier molecular flexibility index (Phi) is 4.11. The minimum Gasteiger partial charge on any atom is -0.352 e. The van der Waals surface area contributed by atoms with E-state index in [9.17, 15) is 9.59 Å². The van der Waals surface area contributed by atoms with Crippen LogP contribution in [0.25, 0.3) is 11.0 Å². The molecule has 134 valence electrons. The van der Waals surface area contributed by atoms with E-state index in [4.69, 9.17) is 0 Å². The van der Waals surface area contributed by atoms with E-state index >= 15 is 0 Å². The number of nitrogens with zero attached hydrogens (tertiary/aromatic N) is 3. The molecule has 1 aliphatic rings. The highest BCUT2D eigenvalue weighted by molar-refractivity contribution is 5.96. The smallest absolute Gasteiger partial charge is 0.256 e. The lowest BCUT2D eigenvalue weighted by Gasteiger charge is -2.35. The van der Waals surface area contributed by atoms with Crippen LogP contribution in [0.15, 0.2) is 47.5 Å². The first-order valence-corrected chi connectivity index (χ1v) is 8.89. The summed E-state index contributed by atoms with van der Waals surface area (Å²) in [7, 11) is 3.60. The van der Waals surface area contributed by atoms with Gasteiger partial charge in [0.1, 0.15) is 11.2 Å². The van der Waals surface area contributed by atoms with Crippen LogP contribution in [0.2, 0.25) is 0 Å². The molecular formula is C20H22N4O2. The minimum absolute atomic E-state index is 0.173. The van der Waals surface area contributed by atoms with Crippen LogP contribution in [-0.4, -0.2) is 26.8 Å². The van der Waals surface area contributed by atoms with Crippen molar-refractivity contribution in [3.63, 3.8) is 0 Å². The van der Waals surface area contributed by atoms with Crippen LogP contribution in [0.1, 0.15) is 34.7 Å². The molecule has 1 saturated carbocycles. The number of rotatable bonds is 4. The molecule has 1 aliphatic carbocycles. The van der Waals surface area contributed by atoms with Crippen molar-refractivity contribution >= 4 is 16.9 Å². The molecule has 2 heterocycles. The first kappa shape index (κ1) is 16.6. The molecule has 0 radical (unpaired) electrons. The highest BCUT2D eigenvalue weighted by Gasteiger charge is 2.30. The second-order valence-corrected chi connectivity index (χ2v) is 7.14. The Labute approximate surface area is 151 Å². The molecule has 2 aromatic heterocycles. The van der Waals surface area contributed by atoms with Crippen LogP contribution in [0, 0.1) is 5.92 Å². The standard InChI is InChI=1S/C20H22N4O2/c1-23-12-17(18(25)16-11-22-24(2)20(16)23)19(26)21-10-13-8-15(9-13)14-6-4-3-5-7-14/h3-7,11-13,15H,8-10H2,1-2H3,(H,21,26). The van der Waals surface area contributed by atoms with Gasteiger partial charge < -0.3 is 9.88 Å². The van der Waals surface area contributed by atoms with E-state index in [1.807, 2.05) is 13.1 Å². The average molecular weight is 350 g/mol. The van der Waals surface area contributed by atoms with Gasteiger partial charge in [0.2, 0.25) is 5.43 Å². The summed E-state index contributed by atoms with van der Waals surface area (Å²) >= 11 is 0. The van der Waals surface area contributed by atoms with Gasteiger partial charge in [-0.25, -0.2) is 0 Å².